The van der Waals surface area contributed by atoms with Crippen molar-refractivity contribution in [2.24, 2.45) is 0 Å². The highest BCUT2D eigenvalue weighted by Gasteiger charge is 2.28. The summed E-state index contributed by atoms with van der Waals surface area (Å²) in [6, 6.07) is 9.50. The van der Waals surface area contributed by atoms with Crippen LogP contribution in [0.4, 0.5) is 5.69 Å². The van der Waals surface area contributed by atoms with Crippen LogP contribution in [0.2, 0.25) is 0 Å². The summed E-state index contributed by atoms with van der Waals surface area (Å²) in [7, 11) is 0. The maximum atomic E-state index is 11.9. The molecule has 1 aromatic carbocycles. The second-order valence-corrected chi connectivity index (χ2v) is 5.52. The lowest BCUT2D eigenvalue weighted by molar-refractivity contribution is -0.118. The predicted octanol–water partition coefficient (Wildman–Crippen LogP) is 3.58. The van der Waals surface area contributed by atoms with E-state index in [0.717, 1.165) is 18.5 Å². The highest BCUT2D eigenvalue weighted by Crippen LogP contribution is 2.25. The molecule has 0 saturated heterocycles. The topological polar surface area (TPSA) is 29.1 Å². The first-order valence-electron chi connectivity index (χ1n) is 5.11. The lowest BCUT2D eigenvalue weighted by atomic mass is 10.1. The largest absolute Gasteiger partial charge is 0.325 e. The molecule has 0 bridgehead atoms. The van der Waals surface area contributed by atoms with Crippen molar-refractivity contribution in [3.63, 3.8) is 0 Å². The summed E-state index contributed by atoms with van der Waals surface area (Å²) >= 11 is 3.45. The Kier molecular flexibility index (Phi) is 4.33. The monoisotopic (exact) mass is 269 g/mol. The molecule has 1 amide bonds. The van der Waals surface area contributed by atoms with Gasteiger partial charge in [0.2, 0.25) is 5.91 Å². The number of hydrogen-bond acceptors (Lipinski definition) is 1. The molecule has 1 unspecified atom stereocenters. The van der Waals surface area contributed by atoms with Crippen molar-refractivity contribution >= 4 is 27.5 Å². The second-order valence-electron chi connectivity index (χ2n) is 3.77. The Morgan fingerprint density at radius 2 is 2.00 bits per heavy atom. The van der Waals surface area contributed by atoms with Gasteiger partial charge in [0, 0.05) is 5.69 Å². The number of halogens is 1. The molecule has 0 aliphatic rings. The van der Waals surface area contributed by atoms with Crippen LogP contribution in [0.3, 0.4) is 0 Å². The zero-order valence-corrected chi connectivity index (χ0v) is 10.7. The quantitative estimate of drug-likeness (QED) is 0.832. The van der Waals surface area contributed by atoms with Crippen LogP contribution in [0, 0.1) is 0 Å². The smallest absolute Gasteiger partial charge is 0.240 e. The van der Waals surface area contributed by atoms with Crippen molar-refractivity contribution in [3.8, 4) is 0 Å². The second kappa shape index (κ2) is 5.31. The van der Waals surface area contributed by atoms with Crippen LogP contribution in [0.25, 0.3) is 0 Å². The van der Waals surface area contributed by atoms with Crippen molar-refractivity contribution < 1.29 is 4.79 Å². The Hall–Kier alpha value is -0.830. The van der Waals surface area contributed by atoms with Gasteiger partial charge in [-0.05, 0) is 25.5 Å². The summed E-state index contributed by atoms with van der Waals surface area (Å²) in [5.41, 5.74) is 0.837. The van der Waals surface area contributed by atoms with E-state index in [9.17, 15) is 4.79 Å². The molecule has 3 heteroatoms. The van der Waals surface area contributed by atoms with E-state index >= 15 is 0 Å². The molecule has 15 heavy (non-hydrogen) atoms. The standard InChI is InChI=1S/C12H16BrNO/c1-3-9-12(2,13)11(15)14-10-7-5-4-6-8-10/h4-8H,3,9H2,1-2H3,(H,14,15). The van der Waals surface area contributed by atoms with Gasteiger partial charge in [-0.15, -0.1) is 0 Å². The zero-order valence-electron chi connectivity index (χ0n) is 9.09. The number of para-hydroxylation sites is 1. The third kappa shape index (κ3) is 3.67. The average Bonchev–Trinajstić information content (AvgIpc) is 2.19. The van der Waals surface area contributed by atoms with E-state index < -0.39 is 4.32 Å². The normalized spacial score (nSPS) is 14.3. The van der Waals surface area contributed by atoms with Crippen LogP contribution in [0.5, 0.6) is 0 Å². The molecule has 0 radical (unpaired) electrons. The van der Waals surface area contributed by atoms with E-state index in [2.05, 4.69) is 28.2 Å². The average molecular weight is 270 g/mol. The van der Waals surface area contributed by atoms with Gasteiger partial charge in [-0.1, -0.05) is 47.5 Å². The van der Waals surface area contributed by atoms with Gasteiger partial charge < -0.3 is 5.32 Å². The van der Waals surface area contributed by atoms with Gasteiger partial charge >= 0.3 is 0 Å². The van der Waals surface area contributed by atoms with Gasteiger partial charge in [-0.2, -0.15) is 0 Å². The summed E-state index contributed by atoms with van der Waals surface area (Å²) in [5, 5.41) is 2.88. The van der Waals surface area contributed by atoms with Gasteiger partial charge in [0.05, 0.1) is 0 Å². The molecule has 0 heterocycles. The number of anilines is 1. The lowest BCUT2D eigenvalue weighted by Gasteiger charge is -2.20. The third-order valence-electron chi connectivity index (χ3n) is 2.22. The number of rotatable bonds is 4. The van der Waals surface area contributed by atoms with E-state index in [1.807, 2.05) is 37.3 Å². The van der Waals surface area contributed by atoms with Crippen molar-refractivity contribution in [1.82, 2.24) is 0 Å². The first-order valence-corrected chi connectivity index (χ1v) is 5.91. The first kappa shape index (κ1) is 12.2. The number of carbonyl (C=O) groups is 1. The highest BCUT2D eigenvalue weighted by molar-refractivity contribution is 9.10. The molecule has 2 nitrogen and oxygen atoms in total. The molecule has 0 fully saturated rings. The highest BCUT2D eigenvalue weighted by atomic mass is 79.9. The minimum atomic E-state index is -0.475. The van der Waals surface area contributed by atoms with Crippen LogP contribution in [0.15, 0.2) is 30.3 Å². The molecule has 0 aliphatic carbocycles. The van der Waals surface area contributed by atoms with Gasteiger partial charge in [0.25, 0.3) is 0 Å². The van der Waals surface area contributed by atoms with Crippen LogP contribution in [0.1, 0.15) is 26.7 Å². The van der Waals surface area contributed by atoms with E-state index in [4.69, 9.17) is 0 Å². The number of amides is 1. The van der Waals surface area contributed by atoms with Crippen molar-refractivity contribution in [2.75, 3.05) is 5.32 Å². The summed E-state index contributed by atoms with van der Waals surface area (Å²) in [5.74, 6) is 0.00977. The fourth-order valence-corrected chi connectivity index (χ4v) is 1.86. The molecule has 1 aromatic rings. The molecular weight excluding hydrogens is 254 g/mol. The van der Waals surface area contributed by atoms with Crippen LogP contribution in [-0.2, 0) is 4.79 Å². The Labute approximate surface area is 99.2 Å². The summed E-state index contributed by atoms with van der Waals surface area (Å²) in [4.78, 5) is 11.9. The van der Waals surface area contributed by atoms with E-state index in [1.165, 1.54) is 0 Å². The number of nitrogens with one attached hydrogen (secondary N) is 1. The SMILES string of the molecule is CCCC(C)(Br)C(=O)Nc1ccccc1. The molecule has 0 aliphatic heterocycles. The number of carbonyl (C=O) groups excluding carboxylic acids is 1. The number of hydrogen-bond donors (Lipinski definition) is 1. The molecule has 0 spiro atoms. The lowest BCUT2D eigenvalue weighted by Crippen LogP contribution is -2.34. The Bertz CT molecular complexity index is 322. The molecular formula is C12H16BrNO. The maximum Gasteiger partial charge on any atom is 0.240 e. The first-order chi connectivity index (χ1) is 7.06. The minimum Gasteiger partial charge on any atom is -0.325 e. The molecule has 0 aromatic heterocycles. The van der Waals surface area contributed by atoms with Crippen LogP contribution >= 0.6 is 15.9 Å². The van der Waals surface area contributed by atoms with Crippen molar-refractivity contribution in [1.29, 1.82) is 0 Å². The molecule has 1 rings (SSSR count). The molecule has 0 saturated carbocycles. The minimum absolute atomic E-state index is 0.00977. The van der Waals surface area contributed by atoms with E-state index in [-0.39, 0.29) is 5.91 Å². The molecule has 1 atom stereocenters. The third-order valence-corrected chi connectivity index (χ3v) is 2.98. The van der Waals surface area contributed by atoms with Gasteiger partial charge in [0.1, 0.15) is 4.32 Å². The zero-order chi connectivity index (χ0) is 11.3. The van der Waals surface area contributed by atoms with E-state index in [0.29, 0.717) is 0 Å². The van der Waals surface area contributed by atoms with Crippen molar-refractivity contribution in [2.45, 2.75) is 31.0 Å². The fraction of sp³-hybridized carbons (Fsp3) is 0.417. The molecule has 1 N–H and O–H groups in total. The molecule has 82 valence electrons. The van der Waals surface area contributed by atoms with E-state index in [1.54, 1.807) is 0 Å². The van der Waals surface area contributed by atoms with Crippen LogP contribution in [-0.4, -0.2) is 10.2 Å². The summed E-state index contributed by atoms with van der Waals surface area (Å²) in [6.07, 6.45) is 1.80. The number of benzene rings is 1. The van der Waals surface area contributed by atoms with Crippen LogP contribution < -0.4 is 5.32 Å². The Morgan fingerprint density at radius 3 is 2.53 bits per heavy atom. The van der Waals surface area contributed by atoms with Crippen molar-refractivity contribution in [3.05, 3.63) is 30.3 Å². The Balaban J connectivity index is 2.63. The predicted molar refractivity (Wildman–Crippen MR) is 67.3 cm³/mol. The fourth-order valence-electron chi connectivity index (χ4n) is 1.37. The Morgan fingerprint density at radius 1 is 1.40 bits per heavy atom. The summed E-state index contributed by atoms with van der Waals surface area (Å²) < 4.78 is -0.475. The van der Waals surface area contributed by atoms with Gasteiger partial charge in [0.15, 0.2) is 0 Å². The number of alkyl halides is 1. The maximum absolute atomic E-state index is 11.9. The van der Waals surface area contributed by atoms with Gasteiger partial charge in [-0.3, -0.25) is 4.79 Å². The summed E-state index contributed by atoms with van der Waals surface area (Å²) in [6.45, 7) is 3.96. The van der Waals surface area contributed by atoms with Gasteiger partial charge in [-0.25, -0.2) is 0 Å².